The summed E-state index contributed by atoms with van der Waals surface area (Å²) in [6.07, 6.45) is 12.0. The number of ether oxygens (including phenoxy) is 1. The molecule has 5 rings (SSSR count). The number of pyridine rings is 1. The molecule has 2 aliphatic heterocycles. The smallest absolute Gasteiger partial charge is 0.223 e. The molecule has 0 radical (unpaired) electrons. The zero-order chi connectivity index (χ0) is 23.5. The van der Waals surface area contributed by atoms with Crippen LogP contribution in [0.4, 0.5) is 5.82 Å². The minimum atomic E-state index is -0.575. The SMILES string of the molecule is C[C@]1(O)CC[C@H](C(=O)N[C@H]2CC[C@H](CCN3CCN(c4nccc5c4OCC5)CC3)CC2)CC1. The second kappa shape index (κ2) is 10.4. The van der Waals surface area contributed by atoms with Crippen LogP contribution < -0.4 is 15.0 Å². The first kappa shape index (κ1) is 23.9. The summed E-state index contributed by atoms with van der Waals surface area (Å²) in [4.78, 5) is 22.3. The van der Waals surface area contributed by atoms with Crippen molar-refractivity contribution < 1.29 is 14.6 Å². The van der Waals surface area contributed by atoms with Crippen LogP contribution in [0.5, 0.6) is 5.75 Å². The van der Waals surface area contributed by atoms with Crippen LogP contribution in [0.2, 0.25) is 0 Å². The molecule has 1 aromatic rings. The van der Waals surface area contributed by atoms with Crippen molar-refractivity contribution in [2.75, 3.05) is 44.2 Å². The number of nitrogens with zero attached hydrogens (tertiary/aromatic N) is 3. The summed E-state index contributed by atoms with van der Waals surface area (Å²) < 4.78 is 5.86. The van der Waals surface area contributed by atoms with Crippen molar-refractivity contribution in [1.29, 1.82) is 0 Å². The molecule has 2 aliphatic carbocycles. The first-order valence-electron chi connectivity index (χ1n) is 13.6. The second-order valence-corrected chi connectivity index (χ2v) is 11.3. The van der Waals surface area contributed by atoms with Gasteiger partial charge in [0.25, 0.3) is 0 Å². The van der Waals surface area contributed by atoms with Crippen molar-refractivity contribution in [3.05, 3.63) is 17.8 Å². The highest BCUT2D eigenvalue weighted by atomic mass is 16.5. The Labute approximate surface area is 204 Å². The molecular formula is C27H42N4O3. The van der Waals surface area contributed by atoms with E-state index in [1.54, 1.807) is 0 Å². The number of piperazine rings is 1. The van der Waals surface area contributed by atoms with E-state index in [-0.39, 0.29) is 11.8 Å². The highest BCUT2D eigenvalue weighted by Crippen LogP contribution is 2.35. The molecule has 0 atom stereocenters. The number of hydrogen-bond acceptors (Lipinski definition) is 6. The van der Waals surface area contributed by atoms with E-state index in [4.69, 9.17) is 4.74 Å². The number of anilines is 1. The van der Waals surface area contributed by atoms with Gasteiger partial charge < -0.3 is 20.1 Å². The van der Waals surface area contributed by atoms with Crippen molar-refractivity contribution >= 4 is 11.7 Å². The molecule has 7 nitrogen and oxygen atoms in total. The molecule has 3 fully saturated rings. The molecule has 1 aromatic heterocycles. The van der Waals surface area contributed by atoms with E-state index < -0.39 is 5.60 Å². The third-order valence-corrected chi connectivity index (χ3v) is 8.74. The fourth-order valence-electron chi connectivity index (χ4n) is 6.28. The van der Waals surface area contributed by atoms with Crippen LogP contribution in [0.1, 0.15) is 70.3 Å². The van der Waals surface area contributed by atoms with Crippen LogP contribution in [0.3, 0.4) is 0 Å². The number of carbonyl (C=O) groups is 1. The standard InChI is InChI=1S/C27H42N4O3/c1-27(33)11-6-22(7-12-27)26(32)29-23-4-2-20(3-5-23)9-14-30-15-17-31(18-16-30)25-24-21(8-13-28-25)10-19-34-24/h8,13,20,22-23,33H,2-7,9-12,14-19H2,1H3,(H,29,32)/t20-,22-,23-,27-. The maximum absolute atomic E-state index is 12.7. The topological polar surface area (TPSA) is 77.9 Å². The quantitative estimate of drug-likeness (QED) is 0.665. The Balaban J connectivity index is 0.990. The maximum Gasteiger partial charge on any atom is 0.223 e. The monoisotopic (exact) mass is 470 g/mol. The molecule has 0 aromatic carbocycles. The Morgan fingerprint density at radius 3 is 2.62 bits per heavy atom. The predicted molar refractivity (Wildman–Crippen MR) is 133 cm³/mol. The number of aliphatic hydroxyl groups is 1. The number of hydrogen-bond donors (Lipinski definition) is 2. The molecule has 0 unspecified atom stereocenters. The molecule has 188 valence electrons. The lowest BCUT2D eigenvalue weighted by molar-refractivity contribution is -0.128. The number of nitrogens with one attached hydrogen (secondary N) is 1. The lowest BCUT2D eigenvalue weighted by Gasteiger charge is -2.37. The Bertz CT molecular complexity index is 834. The average molecular weight is 471 g/mol. The van der Waals surface area contributed by atoms with E-state index in [0.29, 0.717) is 6.04 Å². The maximum atomic E-state index is 12.7. The molecule has 7 heteroatoms. The zero-order valence-electron chi connectivity index (χ0n) is 20.8. The third kappa shape index (κ3) is 5.68. The molecule has 1 amide bonds. The molecule has 0 spiro atoms. The highest BCUT2D eigenvalue weighted by Gasteiger charge is 2.33. The number of fused-ring (bicyclic) bond motifs is 1. The molecule has 2 N–H and O–H groups in total. The fraction of sp³-hybridized carbons (Fsp3) is 0.778. The van der Waals surface area contributed by atoms with Gasteiger partial charge in [-0.15, -0.1) is 0 Å². The van der Waals surface area contributed by atoms with Crippen molar-refractivity contribution in [1.82, 2.24) is 15.2 Å². The Hall–Kier alpha value is -1.86. The second-order valence-electron chi connectivity index (χ2n) is 11.3. The third-order valence-electron chi connectivity index (χ3n) is 8.74. The van der Waals surface area contributed by atoms with E-state index >= 15 is 0 Å². The lowest BCUT2D eigenvalue weighted by atomic mass is 9.79. The van der Waals surface area contributed by atoms with Crippen LogP contribution in [0.25, 0.3) is 0 Å². The fourth-order valence-corrected chi connectivity index (χ4v) is 6.28. The van der Waals surface area contributed by atoms with E-state index in [9.17, 15) is 9.90 Å². The molecule has 34 heavy (non-hydrogen) atoms. The van der Waals surface area contributed by atoms with Crippen LogP contribution in [0, 0.1) is 11.8 Å². The summed E-state index contributed by atoms with van der Waals surface area (Å²) in [6.45, 7) is 8.06. The number of amides is 1. The van der Waals surface area contributed by atoms with Gasteiger partial charge in [-0.1, -0.05) is 0 Å². The van der Waals surface area contributed by atoms with Gasteiger partial charge in [0.15, 0.2) is 11.6 Å². The largest absolute Gasteiger partial charge is 0.489 e. The van der Waals surface area contributed by atoms with Crippen molar-refractivity contribution in [2.45, 2.75) is 82.8 Å². The Morgan fingerprint density at radius 2 is 1.88 bits per heavy atom. The predicted octanol–water partition coefficient (Wildman–Crippen LogP) is 3.14. The average Bonchev–Trinajstić information content (AvgIpc) is 3.33. The lowest BCUT2D eigenvalue weighted by Crippen LogP contribution is -2.47. The minimum absolute atomic E-state index is 0.0929. The van der Waals surface area contributed by atoms with Crippen molar-refractivity contribution in [2.24, 2.45) is 11.8 Å². The van der Waals surface area contributed by atoms with Crippen LogP contribution in [-0.2, 0) is 11.2 Å². The van der Waals surface area contributed by atoms with Gasteiger partial charge in [-0.2, -0.15) is 0 Å². The minimum Gasteiger partial charge on any atom is -0.489 e. The van der Waals surface area contributed by atoms with Crippen LogP contribution in [0.15, 0.2) is 12.3 Å². The Kier molecular flexibility index (Phi) is 7.30. The first-order chi connectivity index (χ1) is 16.5. The summed E-state index contributed by atoms with van der Waals surface area (Å²) in [5, 5.41) is 13.5. The zero-order valence-corrected chi connectivity index (χ0v) is 20.8. The van der Waals surface area contributed by atoms with Gasteiger partial charge in [0, 0.05) is 56.3 Å². The van der Waals surface area contributed by atoms with Crippen LogP contribution in [-0.4, -0.2) is 71.9 Å². The molecule has 3 heterocycles. The highest BCUT2D eigenvalue weighted by molar-refractivity contribution is 5.79. The Morgan fingerprint density at radius 1 is 1.15 bits per heavy atom. The van der Waals surface area contributed by atoms with Gasteiger partial charge in [0.1, 0.15) is 0 Å². The number of aromatic nitrogens is 1. The van der Waals surface area contributed by atoms with Gasteiger partial charge in [-0.25, -0.2) is 4.98 Å². The van der Waals surface area contributed by atoms with E-state index in [1.165, 1.54) is 31.4 Å². The summed E-state index contributed by atoms with van der Waals surface area (Å²) in [5.74, 6) is 3.14. The van der Waals surface area contributed by atoms with Gasteiger partial charge >= 0.3 is 0 Å². The van der Waals surface area contributed by atoms with E-state index in [2.05, 4.69) is 26.2 Å². The molecule has 4 aliphatic rings. The summed E-state index contributed by atoms with van der Waals surface area (Å²) in [7, 11) is 0. The van der Waals surface area contributed by atoms with Gasteiger partial charge in [-0.3, -0.25) is 9.69 Å². The molecule has 0 bridgehead atoms. The summed E-state index contributed by atoms with van der Waals surface area (Å²) in [5.41, 5.74) is 0.722. The van der Waals surface area contributed by atoms with E-state index in [1.807, 2.05) is 13.1 Å². The number of rotatable bonds is 6. The molecule has 2 saturated carbocycles. The van der Waals surface area contributed by atoms with Gasteiger partial charge in [0.05, 0.1) is 12.2 Å². The van der Waals surface area contributed by atoms with Gasteiger partial charge in [0.2, 0.25) is 5.91 Å². The van der Waals surface area contributed by atoms with Crippen molar-refractivity contribution in [3.8, 4) is 5.75 Å². The van der Waals surface area contributed by atoms with Gasteiger partial charge in [-0.05, 0) is 83.2 Å². The molecular weight excluding hydrogens is 428 g/mol. The first-order valence-corrected chi connectivity index (χ1v) is 13.6. The van der Waals surface area contributed by atoms with Crippen molar-refractivity contribution in [3.63, 3.8) is 0 Å². The number of carbonyl (C=O) groups excluding carboxylic acids is 1. The van der Waals surface area contributed by atoms with Crippen LogP contribution >= 0.6 is 0 Å². The summed E-state index contributed by atoms with van der Waals surface area (Å²) >= 11 is 0. The normalized spacial score (nSPS) is 32.2. The summed E-state index contributed by atoms with van der Waals surface area (Å²) in [6, 6.07) is 2.43. The van der Waals surface area contributed by atoms with E-state index in [0.717, 1.165) is 95.2 Å². The molecule has 1 saturated heterocycles.